The lowest BCUT2D eigenvalue weighted by Crippen LogP contribution is -2.57. The van der Waals surface area contributed by atoms with Crippen molar-refractivity contribution >= 4 is 51.9 Å². The van der Waals surface area contributed by atoms with Gasteiger partial charge in [-0.3, -0.25) is 9.59 Å². The van der Waals surface area contributed by atoms with Crippen LogP contribution in [0.25, 0.3) is 16.6 Å². The fourth-order valence-corrected chi connectivity index (χ4v) is 5.98. The highest BCUT2D eigenvalue weighted by Gasteiger charge is 2.30. The van der Waals surface area contributed by atoms with Crippen LogP contribution in [0.4, 0.5) is 11.5 Å². The number of anilines is 2. The van der Waals surface area contributed by atoms with Crippen LogP contribution in [0.3, 0.4) is 0 Å². The van der Waals surface area contributed by atoms with Crippen molar-refractivity contribution < 1.29 is 14.6 Å². The van der Waals surface area contributed by atoms with Crippen molar-refractivity contribution in [3.8, 4) is 11.6 Å². The molecule has 12 heteroatoms. The Morgan fingerprint density at radius 2 is 1.91 bits per heavy atom. The van der Waals surface area contributed by atoms with Gasteiger partial charge in [0.25, 0.3) is 0 Å². The van der Waals surface area contributed by atoms with E-state index in [0.717, 1.165) is 56.8 Å². The summed E-state index contributed by atoms with van der Waals surface area (Å²) in [5, 5.41) is 8.27. The number of nitrogens with zero attached hydrogens (tertiary/aromatic N) is 6. The molecule has 0 amide bonds. The SMILES string of the molecule is CN(C)C1CN(c2ccc(-n3cc(C=O)c(=O)c4cc(Cl)c(N5CCCC5COc5ncccc5Cl)cc43)cn2)C1.CO. The number of rotatable bonds is 8. The molecular formula is C31H34Cl2N6O4. The molecule has 2 aliphatic heterocycles. The highest BCUT2D eigenvalue weighted by Crippen LogP contribution is 2.36. The van der Waals surface area contributed by atoms with E-state index >= 15 is 0 Å². The lowest BCUT2D eigenvalue weighted by Gasteiger charge is -2.43. The van der Waals surface area contributed by atoms with Crippen LogP contribution in [0.1, 0.15) is 23.2 Å². The first-order chi connectivity index (χ1) is 20.8. The maximum atomic E-state index is 13.2. The van der Waals surface area contributed by atoms with Gasteiger partial charge in [0.05, 0.1) is 39.7 Å². The summed E-state index contributed by atoms with van der Waals surface area (Å²) in [4.78, 5) is 40.6. The van der Waals surface area contributed by atoms with E-state index in [-0.39, 0.29) is 17.0 Å². The van der Waals surface area contributed by atoms with E-state index in [2.05, 4.69) is 33.8 Å². The maximum absolute atomic E-state index is 13.2. The first-order valence-electron chi connectivity index (χ1n) is 14.0. The number of carbonyl (C=O) groups excluding carboxylic acids is 1. The largest absolute Gasteiger partial charge is 0.474 e. The van der Waals surface area contributed by atoms with E-state index in [9.17, 15) is 9.59 Å². The third kappa shape index (κ3) is 6.19. The van der Waals surface area contributed by atoms with Crippen molar-refractivity contribution in [3.05, 3.63) is 80.8 Å². The molecule has 0 spiro atoms. The van der Waals surface area contributed by atoms with Crippen molar-refractivity contribution in [1.82, 2.24) is 19.4 Å². The molecule has 5 heterocycles. The van der Waals surface area contributed by atoms with Gasteiger partial charge in [-0.15, -0.1) is 0 Å². The van der Waals surface area contributed by atoms with Crippen LogP contribution in [0.15, 0.2) is 59.8 Å². The molecule has 2 saturated heterocycles. The van der Waals surface area contributed by atoms with Crippen molar-refractivity contribution in [1.29, 1.82) is 0 Å². The van der Waals surface area contributed by atoms with Gasteiger partial charge in [-0.2, -0.15) is 0 Å². The van der Waals surface area contributed by atoms with E-state index in [1.165, 1.54) is 0 Å². The second-order valence-electron chi connectivity index (χ2n) is 10.7. The summed E-state index contributed by atoms with van der Waals surface area (Å²) < 4.78 is 7.81. The quantitative estimate of drug-likeness (QED) is 0.287. The number of pyridine rings is 3. The zero-order valence-electron chi connectivity index (χ0n) is 24.3. The molecule has 1 atom stereocenters. The predicted molar refractivity (Wildman–Crippen MR) is 171 cm³/mol. The lowest BCUT2D eigenvalue weighted by atomic mass is 10.1. The number of ether oxygens (including phenoxy) is 1. The van der Waals surface area contributed by atoms with Crippen molar-refractivity contribution in [2.24, 2.45) is 0 Å². The normalized spacial score (nSPS) is 16.7. The van der Waals surface area contributed by atoms with Gasteiger partial charge >= 0.3 is 0 Å². The minimum absolute atomic E-state index is 0.0425. The van der Waals surface area contributed by atoms with Gasteiger partial charge in [0.1, 0.15) is 17.4 Å². The van der Waals surface area contributed by atoms with Gasteiger partial charge in [0.15, 0.2) is 11.7 Å². The first-order valence-corrected chi connectivity index (χ1v) is 14.8. The van der Waals surface area contributed by atoms with Crippen LogP contribution >= 0.6 is 23.2 Å². The number of aldehydes is 1. The minimum atomic E-state index is -0.356. The molecule has 10 nitrogen and oxygen atoms in total. The third-order valence-corrected chi connectivity index (χ3v) is 8.57. The maximum Gasteiger partial charge on any atom is 0.232 e. The summed E-state index contributed by atoms with van der Waals surface area (Å²) in [6.07, 6.45) is 7.45. The highest BCUT2D eigenvalue weighted by atomic mass is 35.5. The van der Waals surface area contributed by atoms with Gasteiger partial charge in [-0.1, -0.05) is 23.2 Å². The second kappa shape index (κ2) is 13.3. The number of hydrogen-bond donors (Lipinski definition) is 1. The number of aliphatic hydroxyl groups excluding tert-OH is 1. The molecule has 4 aromatic rings. The smallest absolute Gasteiger partial charge is 0.232 e. The minimum Gasteiger partial charge on any atom is -0.474 e. The fourth-order valence-electron chi connectivity index (χ4n) is 5.53. The Kier molecular flexibility index (Phi) is 9.51. The molecule has 6 rings (SSSR count). The van der Waals surface area contributed by atoms with Gasteiger partial charge in [-0.25, -0.2) is 9.97 Å². The Morgan fingerprint density at radius 3 is 2.58 bits per heavy atom. The molecule has 0 bridgehead atoms. The summed E-state index contributed by atoms with van der Waals surface area (Å²) in [6, 6.07) is 11.6. The summed E-state index contributed by atoms with van der Waals surface area (Å²) in [5.41, 5.74) is 1.88. The Bertz CT molecular complexity index is 1660. The number of likely N-dealkylation sites (N-methyl/N-ethyl adjacent to an activating group) is 1. The molecule has 3 aromatic heterocycles. The molecule has 2 fully saturated rings. The van der Waals surface area contributed by atoms with Gasteiger partial charge in [0.2, 0.25) is 5.88 Å². The Labute approximate surface area is 260 Å². The van der Waals surface area contributed by atoms with Crippen LogP contribution in [-0.4, -0.2) is 90.4 Å². The summed E-state index contributed by atoms with van der Waals surface area (Å²) in [7, 11) is 5.16. The summed E-state index contributed by atoms with van der Waals surface area (Å²) in [6.45, 7) is 3.01. The van der Waals surface area contributed by atoms with Crippen molar-refractivity contribution in [3.63, 3.8) is 0 Å². The Morgan fingerprint density at radius 1 is 1.12 bits per heavy atom. The topological polar surface area (TPSA) is 104 Å². The monoisotopic (exact) mass is 624 g/mol. The van der Waals surface area contributed by atoms with E-state index in [4.69, 9.17) is 38.0 Å². The molecule has 1 unspecified atom stereocenters. The molecular weight excluding hydrogens is 591 g/mol. The van der Waals surface area contributed by atoms with Crippen LogP contribution in [0, 0.1) is 0 Å². The molecule has 1 aromatic carbocycles. The van der Waals surface area contributed by atoms with Crippen molar-refractivity contribution in [2.75, 3.05) is 57.2 Å². The molecule has 2 aliphatic rings. The fraction of sp³-hybridized carbons (Fsp3) is 0.355. The number of carbonyl (C=O) groups is 1. The summed E-state index contributed by atoms with van der Waals surface area (Å²) in [5.74, 6) is 1.29. The molecule has 226 valence electrons. The number of hydrogen-bond acceptors (Lipinski definition) is 9. The van der Waals surface area contributed by atoms with Gasteiger partial charge in [0, 0.05) is 50.6 Å². The molecule has 1 N–H and O–H groups in total. The summed E-state index contributed by atoms with van der Waals surface area (Å²) >= 11 is 13.0. The molecule has 43 heavy (non-hydrogen) atoms. The highest BCUT2D eigenvalue weighted by molar-refractivity contribution is 6.34. The van der Waals surface area contributed by atoms with E-state index in [0.29, 0.717) is 45.8 Å². The molecule has 0 saturated carbocycles. The predicted octanol–water partition coefficient (Wildman–Crippen LogP) is 4.31. The second-order valence-corrected chi connectivity index (χ2v) is 11.5. The Balaban J connectivity index is 0.00000180. The zero-order valence-corrected chi connectivity index (χ0v) is 25.8. The average Bonchev–Trinajstić information content (AvgIpc) is 3.46. The number of fused-ring (bicyclic) bond motifs is 1. The standard InChI is InChI=1S/C30H30Cl2N6O3.CH4O/c1-35(2)22-15-36(16-22)28-8-7-20(13-34-28)38-14-19(17-39)29(40)23-11-25(32)27(12-26(23)38)37-10-4-5-21(37)18-41-30-24(31)6-3-9-33-30;1-2/h3,6-9,11-14,17,21-22H,4-5,10,15-16,18H2,1-2H3;2H,1H3. The van der Waals surface area contributed by atoms with Gasteiger partial charge in [-0.05, 0) is 63.3 Å². The van der Waals surface area contributed by atoms with Crippen LogP contribution in [-0.2, 0) is 0 Å². The number of aromatic nitrogens is 3. The van der Waals surface area contributed by atoms with E-state index in [1.807, 2.05) is 22.8 Å². The zero-order chi connectivity index (χ0) is 30.7. The van der Waals surface area contributed by atoms with Crippen LogP contribution in [0.2, 0.25) is 10.0 Å². The van der Waals surface area contributed by atoms with Crippen LogP contribution < -0.4 is 20.0 Å². The number of aliphatic hydroxyl groups is 1. The molecule has 0 radical (unpaired) electrons. The van der Waals surface area contributed by atoms with Crippen LogP contribution in [0.5, 0.6) is 5.88 Å². The van der Waals surface area contributed by atoms with Crippen molar-refractivity contribution in [2.45, 2.75) is 24.9 Å². The number of halogens is 2. The Hall–Kier alpha value is -3.70. The lowest BCUT2D eigenvalue weighted by molar-refractivity contribution is 0.112. The van der Waals surface area contributed by atoms with Gasteiger partial charge < -0.3 is 29.1 Å². The average molecular weight is 626 g/mol. The van der Waals surface area contributed by atoms with E-state index in [1.54, 1.807) is 36.8 Å². The third-order valence-electron chi connectivity index (χ3n) is 7.98. The number of benzene rings is 1. The first kappa shape index (κ1) is 30.7. The van der Waals surface area contributed by atoms with E-state index < -0.39 is 0 Å². The molecule has 0 aliphatic carbocycles.